The summed E-state index contributed by atoms with van der Waals surface area (Å²) in [4.78, 5) is 11.6. The second-order valence-corrected chi connectivity index (χ2v) is 6.13. The van der Waals surface area contributed by atoms with Gasteiger partial charge in [-0.25, -0.2) is 0 Å². The second kappa shape index (κ2) is 7.27. The van der Waals surface area contributed by atoms with Crippen LogP contribution >= 0.6 is 11.8 Å². The molecule has 0 aromatic heterocycles. The molecule has 0 aromatic rings. The molecule has 1 amide bonds. The smallest absolute Gasteiger partial charge is 0.230 e. The predicted octanol–water partition coefficient (Wildman–Crippen LogP) is 2.21. The maximum atomic E-state index is 11.6. The van der Waals surface area contributed by atoms with Crippen molar-refractivity contribution >= 4 is 17.7 Å². The lowest BCUT2D eigenvalue weighted by Crippen LogP contribution is -2.33. The first kappa shape index (κ1) is 13.2. The van der Waals surface area contributed by atoms with Crippen molar-refractivity contribution in [2.45, 2.75) is 44.6 Å². The van der Waals surface area contributed by atoms with E-state index < -0.39 is 0 Å². The van der Waals surface area contributed by atoms with Crippen molar-refractivity contribution in [3.05, 3.63) is 0 Å². The number of carbonyl (C=O) groups is 1. The Morgan fingerprint density at radius 3 is 2.76 bits per heavy atom. The lowest BCUT2D eigenvalue weighted by atomic mass is 10.1. The van der Waals surface area contributed by atoms with E-state index in [2.05, 4.69) is 5.32 Å². The molecule has 2 fully saturated rings. The van der Waals surface area contributed by atoms with Crippen LogP contribution in [0.3, 0.4) is 0 Å². The number of hydrogen-bond donors (Lipinski definition) is 1. The SMILES string of the molecule is O=C(CSCC1CCCC1)NC[C@@H]1CCCO1. The molecule has 0 unspecified atom stereocenters. The summed E-state index contributed by atoms with van der Waals surface area (Å²) in [6, 6.07) is 0. The van der Waals surface area contributed by atoms with Crippen molar-refractivity contribution in [2.24, 2.45) is 5.92 Å². The van der Waals surface area contributed by atoms with Crippen LogP contribution in [0.4, 0.5) is 0 Å². The Hall–Kier alpha value is -0.220. The van der Waals surface area contributed by atoms with Gasteiger partial charge in [-0.1, -0.05) is 12.8 Å². The molecule has 4 heteroatoms. The summed E-state index contributed by atoms with van der Waals surface area (Å²) in [6.07, 6.45) is 7.99. The number of amides is 1. The van der Waals surface area contributed by atoms with Gasteiger partial charge in [0.1, 0.15) is 0 Å². The van der Waals surface area contributed by atoms with Crippen LogP contribution in [0.5, 0.6) is 0 Å². The highest BCUT2D eigenvalue weighted by Gasteiger charge is 2.17. The van der Waals surface area contributed by atoms with Crippen LogP contribution in [0, 0.1) is 5.92 Å². The average Bonchev–Trinajstić information content (AvgIpc) is 2.99. The Bertz CT molecular complexity index is 236. The third-order valence-corrected chi connectivity index (χ3v) is 4.79. The Kier molecular flexibility index (Phi) is 5.65. The molecule has 1 atom stereocenters. The monoisotopic (exact) mass is 257 g/mol. The van der Waals surface area contributed by atoms with Gasteiger partial charge in [0.05, 0.1) is 11.9 Å². The van der Waals surface area contributed by atoms with Crippen molar-refractivity contribution in [3.8, 4) is 0 Å². The van der Waals surface area contributed by atoms with E-state index in [9.17, 15) is 4.79 Å². The minimum Gasteiger partial charge on any atom is -0.376 e. The molecular formula is C13H23NO2S. The number of rotatable bonds is 6. The maximum absolute atomic E-state index is 11.6. The van der Waals surface area contributed by atoms with Gasteiger partial charge in [-0.15, -0.1) is 0 Å². The molecule has 1 aliphatic heterocycles. The number of nitrogens with one attached hydrogen (secondary N) is 1. The van der Waals surface area contributed by atoms with E-state index in [-0.39, 0.29) is 12.0 Å². The largest absolute Gasteiger partial charge is 0.376 e. The van der Waals surface area contributed by atoms with Crippen molar-refractivity contribution < 1.29 is 9.53 Å². The zero-order valence-electron chi connectivity index (χ0n) is 10.5. The molecule has 2 rings (SSSR count). The molecule has 1 saturated heterocycles. The molecule has 0 aromatic carbocycles. The summed E-state index contributed by atoms with van der Waals surface area (Å²) in [5.74, 6) is 2.81. The van der Waals surface area contributed by atoms with Crippen LogP contribution in [0.2, 0.25) is 0 Å². The van der Waals surface area contributed by atoms with Crippen LogP contribution in [0.1, 0.15) is 38.5 Å². The van der Waals surface area contributed by atoms with E-state index in [0.717, 1.165) is 31.1 Å². The lowest BCUT2D eigenvalue weighted by molar-refractivity contribution is -0.119. The van der Waals surface area contributed by atoms with Gasteiger partial charge >= 0.3 is 0 Å². The topological polar surface area (TPSA) is 38.3 Å². The first-order chi connectivity index (χ1) is 8.34. The normalized spacial score (nSPS) is 25.3. The maximum Gasteiger partial charge on any atom is 0.230 e. The molecule has 2 aliphatic rings. The number of thioether (sulfide) groups is 1. The van der Waals surface area contributed by atoms with Gasteiger partial charge in [-0.2, -0.15) is 11.8 Å². The van der Waals surface area contributed by atoms with E-state index in [1.165, 1.54) is 25.7 Å². The Morgan fingerprint density at radius 1 is 1.24 bits per heavy atom. The zero-order valence-corrected chi connectivity index (χ0v) is 11.3. The zero-order chi connectivity index (χ0) is 11.9. The van der Waals surface area contributed by atoms with E-state index >= 15 is 0 Å². The summed E-state index contributed by atoms with van der Waals surface area (Å²) in [7, 11) is 0. The van der Waals surface area contributed by atoms with Crippen molar-refractivity contribution in [2.75, 3.05) is 24.7 Å². The van der Waals surface area contributed by atoms with Crippen LogP contribution in [0.15, 0.2) is 0 Å². The quantitative estimate of drug-likeness (QED) is 0.793. The lowest BCUT2D eigenvalue weighted by Gasteiger charge is -2.11. The molecule has 1 aliphatic carbocycles. The first-order valence-electron chi connectivity index (χ1n) is 6.80. The third kappa shape index (κ3) is 4.88. The molecule has 0 radical (unpaired) electrons. The summed E-state index contributed by atoms with van der Waals surface area (Å²) < 4.78 is 5.47. The second-order valence-electron chi connectivity index (χ2n) is 5.10. The van der Waals surface area contributed by atoms with Gasteiger partial charge in [0.25, 0.3) is 0 Å². The highest BCUT2D eigenvalue weighted by molar-refractivity contribution is 7.99. The number of hydrogen-bond acceptors (Lipinski definition) is 3. The van der Waals surface area contributed by atoms with E-state index in [1.54, 1.807) is 11.8 Å². The van der Waals surface area contributed by atoms with Crippen LogP contribution in [-0.4, -0.2) is 36.7 Å². The molecule has 17 heavy (non-hydrogen) atoms. The highest BCUT2D eigenvalue weighted by Crippen LogP contribution is 2.27. The van der Waals surface area contributed by atoms with Gasteiger partial charge in [-0.3, -0.25) is 4.79 Å². The average molecular weight is 257 g/mol. The Labute approximate surface area is 108 Å². The standard InChI is InChI=1S/C13H23NO2S/c15-13(14-8-12-6-3-7-16-12)10-17-9-11-4-1-2-5-11/h11-12H,1-10H2,(H,14,15)/t12-/m0/s1. The van der Waals surface area contributed by atoms with Gasteiger partial charge < -0.3 is 10.1 Å². The summed E-state index contributed by atoms with van der Waals surface area (Å²) in [6.45, 7) is 1.56. The summed E-state index contributed by atoms with van der Waals surface area (Å²) in [5.41, 5.74) is 0. The van der Waals surface area contributed by atoms with Crippen molar-refractivity contribution in [1.29, 1.82) is 0 Å². The minimum absolute atomic E-state index is 0.170. The van der Waals surface area contributed by atoms with Gasteiger partial charge in [0.2, 0.25) is 5.91 Å². The first-order valence-corrected chi connectivity index (χ1v) is 7.96. The molecule has 0 spiro atoms. The number of ether oxygens (including phenoxy) is 1. The Morgan fingerprint density at radius 2 is 2.06 bits per heavy atom. The molecule has 1 N–H and O–H groups in total. The minimum atomic E-state index is 0.170. The highest BCUT2D eigenvalue weighted by atomic mass is 32.2. The molecular weight excluding hydrogens is 234 g/mol. The fourth-order valence-corrected chi connectivity index (χ4v) is 3.65. The molecule has 3 nitrogen and oxygen atoms in total. The van der Waals surface area contributed by atoms with Crippen molar-refractivity contribution in [1.82, 2.24) is 5.32 Å². The van der Waals surface area contributed by atoms with E-state index in [4.69, 9.17) is 4.74 Å². The molecule has 1 heterocycles. The summed E-state index contributed by atoms with van der Waals surface area (Å²) in [5, 5.41) is 2.97. The predicted molar refractivity (Wildman–Crippen MR) is 71.3 cm³/mol. The van der Waals surface area contributed by atoms with Gasteiger partial charge in [-0.05, 0) is 37.4 Å². The number of carbonyl (C=O) groups excluding carboxylic acids is 1. The van der Waals surface area contributed by atoms with Gasteiger partial charge in [0.15, 0.2) is 0 Å². The van der Waals surface area contributed by atoms with Crippen LogP contribution < -0.4 is 5.32 Å². The fourth-order valence-electron chi connectivity index (χ4n) is 2.58. The summed E-state index contributed by atoms with van der Waals surface area (Å²) >= 11 is 1.79. The molecule has 0 bridgehead atoms. The van der Waals surface area contributed by atoms with Crippen molar-refractivity contribution in [3.63, 3.8) is 0 Å². The van der Waals surface area contributed by atoms with E-state index in [1.807, 2.05) is 0 Å². The van der Waals surface area contributed by atoms with Crippen LogP contribution in [-0.2, 0) is 9.53 Å². The Balaban J connectivity index is 1.48. The molecule has 98 valence electrons. The fraction of sp³-hybridized carbons (Fsp3) is 0.923. The molecule has 1 saturated carbocycles. The van der Waals surface area contributed by atoms with Crippen LogP contribution in [0.25, 0.3) is 0 Å². The van der Waals surface area contributed by atoms with Gasteiger partial charge in [0, 0.05) is 13.2 Å². The third-order valence-electron chi connectivity index (χ3n) is 3.61. The van der Waals surface area contributed by atoms with E-state index in [0.29, 0.717) is 12.3 Å².